The molecule has 0 fully saturated rings. The summed E-state index contributed by atoms with van der Waals surface area (Å²) in [7, 11) is 0. The Morgan fingerprint density at radius 2 is 1.00 bits per heavy atom. The largest absolute Gasteiger partial charge is 0 e. The van der Waals surface area contributed by atoms with Gasteiger partial charge in [0.1, 0.15) is 0 Å². The summed E-state index contributed by atoms with van der Waals surface area (Å²) in [6.45, 7) is 14.7. The molecule has 0 amide bonds. The Morgan fingerprint density at radius 3 is 1.00 bits per heavy atom. The zero-order valence-corrected chi connectivity index (χ0v) is 9.36. The fraction of sp³-hybridized carbons (Fsp3) is 0. The van der Waals surface area contributed by atoms with E-state index in [9.17, 15) is 0 Å². The zero-order chi connectivity index (χ0) is 3.58. The molecule has 0 heterocycles. The Balaban J connectivity index is -0.0000000450. The second-order valence-electron chi connectivity index (χ2n) is 0.111. The predicted molar refractivity (Wildman–Crippen MR) is 17.6 cm³/mol. The van der Waals surface area contributed by atoms with Gasteiger partial charge >= 0.3 is 46.3 Å². The molecule has 0 rings (SSSR count). The molecule has 0 aromatic heterocycles. The van der Waals surface area contributed by atoms with Crippen LogP contribution in [0.5, 0.6) is 0 Å². The molecule has 0 aromatic rings. The van der Waals surface area contributed by atoms with Gasteiger partial charge in [-0.15, -0.1) is 0 Å². The molecule has 0 aliphatic carbocycles. The third-order valence-corrected chi connectivity index (χ3v) is 0. The minimum Gasteiger partial charge on any atom is 0 e. The molecule has 0 atom stereocenters. The third-order valence-electron chi connectivity index (χ3n) is 0. The van der Waals surface area contributed by atoms with Crippen molar-refractivity contribution in [1.29, 1.82) is 0 Å². The van der Waals surface area contributed by atoms with Crippen molar-refractivity contribution in [1.82, 2.24) is 0 Å². The van der Waals surface area contributed by atoms with Gasteiger partial charge in [-0.2, -0.15) is 0 Å². The van der Waals surface area contributed by atoms with Crippen molar-refractivity contribution in [2.24, 2.45) is 0 Å². The number of halogens is 3. The number of hydrogen-bond acceptors (Lipinski definition) is 0. The number of rotatable bonds is 0. The van der Waals surface area contributed by atoms with Gasteiger partial charge in [0.25, 0.3) is 0 Å². The maximum Gasteiger partial charge on any atom is 0 e. The standard InChI is InChI=1S/3ClH.Lu.Tm.Yb/h3*1H;;;/q;;;+3;;/p-3. The van der Waals surface area contributed by atoms with Gasteiger partial charge in [0.2, 0.25) is 0 Å². The average Bonchev–Trinajstić information content (AvgIpc) is 0.811. The van der Waals surface area contributed by atoms with Gasteiger partial charge in [-0.1, -0.05) is 0 Å². The maximum atomic E-state index is 4.92. The molecule has 0 aromatic carbocycles. The van der Waals surface area contributed by atoms with Crippen molar-refractivity contribution in [3.63, 3.8) is 0 Å². The van der Waals surface area contributed by atoms with E-state index in [0.717, 1.165) is 0 Å². The van der Waals surface area contributed by atoms with Gasteiger partial charge in [0.05, 0.1) is 0 Å². The van der Waals surface area contributed by atoms with Gasteiger partial charge in [-0.3, -0.25) is 0 Å². The van der Waals surface area contributed by atoms with Gasteiger partial charge in [-0.05, 0) is 0 Å². The molecular weight excluding hydrogens is 623 g/mol. The molecule has 0 N–H and O–H groups in total. The molecule has 63 valence electrons. The quantitative estimate of drug-likeness (QED) is 0.388. The second-order valence-corrected chi connectivity index (χ2v) is 7.39. The molecular formula is Cl3LuTmYb. The normalized spacial score (nSPS) is 7.50. The summed E-state index contributed by atoms with van der Waals surface area (Å²) in [5, 5.41) is 0. The first-order valence-corrected chi connectivity index (χ1v) is 6.51. The van der Waals surface area contributed by atoms with Crippen LogP contribution in [-0.4, -0.2) is 0 Å². The Kier molecular flexibility index (Phi) is 35.7. The van der Waals surface area contributed by atoms with Crippen molar-refractivity contribution in [2.45, 2.75) is 0 Å². The first kappa shape index (κ1) is 17.1. The molecule has 0 saturated carbocycles. The van der Waals surface area contributed by atoms with Gasteiger partial charge in [0.15, 0.2) is 0 Å². The van der Waals surface area contributed by atoms with Crippen molar-refractivity contribution in [3.8, 4) is 0 Å². The Bertz CT molecular complexity index is 15.5. The first-order chi connectivity index (χ1) is 1.73. The Morgan fingerprint density at radius 1 is 1.00 bits per heavy atom. The monoisotopic (exact) mass is 623 g/mol. The van der Waals surface area contributed by atoms with Crippen LogP contribution in [0.25, 0.3) is 0 Å². The topological polar surface area (TPSA) is 0 Å². The molecule has 0 nitrogen and oxygen atoms in total. The van der Waals surface area contributed by atoms with Crippen molar-refractivity contribution >= 4 is 19.7 Å². The van der Waals surface area contributed by atoms with Crippen LogP contribution in [0.4, 0.5) is 0 Å². The fourth-order valence-corrected chi connectivity index (χ4v) is 0. The van der Waals surface area contributed by atoms with Crippen LogP contribution in [0, 0.1) is 110 Å². The van der Waals surface area contributed by atoms with E-state index in [2.05, 4.69) is 0 Å². The summed E-state index contributed by atoms with van der Waals surface area (Å²) in [5.41, 5.74) is 0. The van der Waals surface area contributed by atoms with Gasteiger partial charge in [0, 0.05) is 83.8 Å². The third kappa shape index (κ3) is 23.2. The first-order valence-electron chi connectivity index (χ1n) is 0.293. The van der Waals surface area contributed by atoms with E-state index in [1.807, 2.05) is 0 Å². The summed E-state index contributed by atoms with van der Waals surface area (Å²) in [5.74, 6) is 0. The minimum atomic E-state index is -1.53. The SMILES string of the molecule is [Cl][Lu]([Cl])[Cl].[Tm].[Yb]. The predicted octanol–water partition coefficient (Wildman–Crippen LogP) is 2.07. The molecule has 0 aliphatic heterocycles. The smallest absolute Gasteiger partial charge is 0 e. The molecule has 6 heavy (non-hydrogen) atoms. The van der Waals surface area contributed by atoms with Gasteiger partial charge < -0.3 is 0 Å². The van der Waals surface area contributed by atoms with E-state index < -0.39 is 26.7 Å². The fourth-order valence-electron chi connectivity index (χ4n) is 0. The number of hydrogen-bond donors (Lipinski definition) is 0. The van der Waals surface area contributed by atoms with Crippen molar-refractivity contribution < 1.29 is 110 Å². The van der Waals surface area contributed by atoms with E-state index >= 15 is 0 Å². The molecule has 1 radical (unpaired) electrons. The van der Waals surface area contributed by atoms with Crippen LogP contribution in [0.2, 0.25) is 0 Å². The van der Waals surface area contributed by atoms with E-state index in [4.69, 9.17) is 19.7 Å². The second kappa shape index (κ2) is 12.5. The summed E-state index contributed by atoms with van der Waals surface area (Å²) in [6, 6.07) is 0. The molecule has 6 heteroatoms. The Hall–Kier alpha value is 4.86. The summed E-state index contributed by atoms with van der Waals surface area (Å²) >= 11 is -1.53. The molecule has 0 saturated heterocycles. The average molecular weight is 623 g/mol. The van der Waals surface area contributed by atoms with Crippen LogP contribution >= 0.6 is 19.7 Å². The molecule has 0 bridgehead atoms. The Labute approximate surface area is 125 Å². The molecule has 0 unspecified atom stereocenters. The summed E-state index contributed by atoms with van der Waals surface area (Å²) < 4.78 is 0. The van der Waals surface area contributed by atoms with Crippen molar-refractivity contribution in [3.05, 3.63) is 0 Å². The van der Waals surface area contributed by atoms with Crippen LogP contribution in [0.1, 0.15) is 0 Å². The van der Waals surface area contributed by atoms with Crippen molar-refractivity contribution in [2.75, 3.05) is 0 Å². The molecule has 0 aliphatic rings. The summed E-state index contributed by atoms with van der Waals surface area (Å²) in [4.78, 5) is 0. The van der Waals surface area contributed by atoms with Crippen LogP contribution in [0.3, 0.4) is 0 Å². The molecule has 0 spiro atoms. The van der Waals surface area contributed by atoms with E-state index in [1.54, 1.807) is 0 Å². The van der Waals surface area contributed by atoms with Crippen LogP contribution in [-0.2, 0) is 0 Å². The van der Waals surface area contributed by atoms with Crippen LogP contribution in [0.15, 0.2) is 0 Å². The van der Waals surface area contributed by atoms with E-state index in [0.29, 0.717) is 0 Å². The van der Waals surface area contributed by atoms with E-state index in [-0.39, 0.29) is 83.8 Å². The zero-order valence-electron chi connectivity index (χ0n) is 1.94. The van der Waals surface area contributed by atoms with Gasteiger partial charge in [-0.25, -0.2) is 0 Å². The minimum absolute atomic E-state index is 0. The van der Waals surface area contributed by atoms with Crippen LogP contribution < -0.4 is 0 Å². The van der Waals surface area contributed by atoms with E-state index in [1.165, 1.54) is 0 Å². The summed E-state index contributed by atoms with van der Waals surface area (Å²) in [6.07, 6.45) is 0. The maximum absolute atomic E-state index is 4.92.